The van der Waals surface area contributed by atoms with Crippen molar-refractivity contribution in [2.75, 3.05) is 0 Å². The maximum atomic E-state index is 12.1. The van der Waals surface area contributed by atoms with Crippen LogP contribution in [0.3, 0.4) is 0 Å². The molecule has 0 radical (unpaired) electrons. The average Bonchev–Trinajstić information content (AvgIpc) is 3.07. The molecular weight excluding hydrogens is 220 g/mol. The van der Waals surface area contributed by atoms with Crippen LogP contribution in [0.25, 0.3) is 5.82 Å². The van der Waals surface area contributed by atoms with Gasteiger partial charge in [-0.15, -0.1) is 5.10 Å². The lowest BCUT2D eigenvalue weighted by Crippen LogP contribution is -2.24. The minimum atomic E-state index is -0.204. The van der Waals surface area contributed by atoms with Crippen LogP contribution < -0.4 is 5.56 Å². The lowest BCUT2D eigenvalue weighted by Gasteiger charge is -2.04. The minimum absolute atomic E-state index is 0.0213. The van der Waals surface area contributed by atoms with E-state index in [2.05, 4.69) is 15.1 Å². The molecule has 7 heteroatoms. The summed E-state index contributed by atoms with van der Waals surface area (Å²) in [7, 11) is 0. The normalized spacial score (nSPS) is 14.5. The highest BCUT2D eigenvalue weighted by Crippen LogP contribution is 2.33. The standard InChI is InChI=1S/C10H8N6O/c11-5-8-13-6-16(14-8)9-10(17)15(4-3-12-9)7-1-2-7/h3-4,6-7H,1-2H2. The van der Waals surface area contributed by atoms with Crippen LogP contribution in [-0.2, 0) is 0 Å². The zero-order chi connectivity index (χ0) is 11.8. The van der Waals surface area contributed by atoms with E-state index in [-0.39, 0.29) is 23.2 Å². The third-order valence-corrected chi connectivity index (χ3v) is 2.60. The van der Waals surface area contributed by atoms with Crippen LogP contribution in [0.2, 0.25) is 0 Å². The summed E-state index contributed by atoms with van der Waals surface area (Å²) >= 11 is 0. The molecule has 84 valence electrons. The number of hydrogen-bond acceptors (Lipinski definition) is 5. The molecule has 1 fully saturated rings. The number of aromatic nitrogens is 5. The van der Waals surface area contributed by atoms with Gasteiger partial charge in [-0.3, -0.25) is 4.79 Å². The monoisotopic (exact) mass is 228 g/mol. The fourth-order valence-electron chi connectivity index (χ4n) is 1.63. The summed E-state index contributed by atoms with van der Waals surface area (Å²) in [5.74, 6) is 0.196. The summed E-state index contributed by atoms with van der Waals surface area (Å²) in [6.07, 6.45) is 6.59. The molecule has 2 heterocycles. The zero-order valence-electron chi connectivity index (χ0n) is 8.82. The van der Waals surface area contributed by atoms with E-state index < -0.39 is 0 Å². The number of hydrogen-bond donors (Lipinski definition) is 0. The number of nitrogens with zero attached hydrogens (tertiary/aromatic N) is 6. The molecule has 0 N–H and O–H groups in total. The van der Waals surface area contributed by atoms with E-state index in [1.54, 1.807) is 23.0 Å². The SMILES string of the molecule is N#Cc1ncn(-c2nccn(C3CC3)c2=O)n1. The Balaban J connectivity index is 2.11. The molecule has 3 rings (SSSR count). The third-order valence-electron chi connectivity index (χ3n) is 2.60. The Morgan fingerprint density at radius 2 is 2.24 bits per heavy atom. The van der Waals surface area contributed by atoms with Crippen molar-refractivity contribution in [3.05, 3.63) is 34.9 Å². The fourth-order valence-corrected chi connectivity index (χ4v) is 1.63. The maximum Gasteiger partial charge on any atom is 0.296 e. The van der Waals surface area contributed by atoms with Crippen molar-refractivity contribution in [3.8, 4) is 11.9 Å². The lowest BCUT2D eigenvalue weighted by molar-refractivity contribution is 0.677. The number of rotatable bonds is 2. The van der Waals surface area contributed by atoms with Gasteiger partial charge in [0.25, 0.3) is 11.4 Å². The van der Waals surface area contributed by atoms with E-state index in [0.717, 1.165) is 12.8 Å². The third kappa shape index (κ3) is 1.59. The van der Waals surface area contributed by atoms with Gasteiger partial charge >= 0.3 is 0 Å². The maximum absolute atomic E-state index is 12.1. The zero-order valence-corrected chi connectivity index (χ0v) is 8.82. The van der Waals surface area contributed by atoms with E-state index in [9.17, 15) is 4.79 Å². The Morgan fingerprint density at radius 3 is 2.88 bits per heavy atom. The van der Waals surface area contributed by atoms with Crippen molar-refractivity contribution in [3.63, 3.8) is 0 Å². The van der Waals surface area contributed by atoms with Gasteiger partial charge in [0.05, 0.1) is 0 Å². The van der Waals surface area contributed by atoms with Crippen molar-refractivity contribution in [2.45, 2.75) is 18.9 Å². The van der Waals surface area contributed by atoms with Crippen LogP contribution in [0.5, 0.6) is 0 Å². The highest BCUT2D eigenvalue weighted by atomic mass is 16.1. The summed E-state index contributed by atoms with van der Waals surface area (Å²) in [6, 6.07) is 2.09. The molecule has 1 aliphatic carbocycles. The molecule has 1 aliphatic rings. The van der Waals surface area contributed by atoms with Gasteiger partial charge in [-0.25, -0.2) is 9.97 Å². The van der Waals surface area contributed by atoms with Gasteiger partial charge in [0.1, 0.15) is 12.4 Å². The Kier molecular flexibility index (Phi) is 2.01. The Bertz CT molecular complexity index is 660. The fraction of sp³-hybridized carbons (Fsp3) is 0.300. The Labute approximate surface area is 96.0 Å². The first kappa shape index (κ1) is 9.72. The van der Waals surface area contributed by atoms with Crippen molar-refractivity contribution >= 4 is 0 Å². The largest absolute Gasteiger partial charge is 0.308 e. The number of nitriles is 1. The summed E-state index contributed by atoms with van der Waals surface area (Å²) in [5.41, 5.74) is -0.204. The summed E-state index contributed by atoms with van der Waals surface area (Å²) in [5, 5.41) is 12.5. The first-order chi connectivity index (χ1) is 8.29. The van der Waals surface area contributed by atoms with Gasteiger partial charge < -0.3 is 4.57 Å². The van der Waals surface area contributed by atoms with Gasteiger partial charge in [0.15, 0.2) is 0 Å². The van der Waals surface area contributed by atoms with Gasteiger partial charge in [-0.05, 0) is 12.8 Å². The van der Waals surface area contributed by atoms with Gasteiger partial charge in [-0.2, -0.15) is 9.94 Å². The van der Waals surface area contributed by atoms with Crippen molar-refractivity contribution < 1.29 is 0 Å². The molecule has 1 saturated carbocycles. The molecule has 0 bridgehead atoms. The highest BCUT2D eigenvalue weighted by molar-refractivity contribution is 5.18. The molecule has 7 nitrogen and oxygen atoms in total. The molecule has 2 aromatic heterocycles. The second-order valence-electron chi connectivity index (χ2n) is 3.82. The highest BCUT2D eigenvalue weighted by Gasteiger charge is 2.25. The smallest absolute Gasteiger partial charge is 0.296 e. The van der Waals surface area contributed by atoms with Crippen LogP contribution in [0.1, 0.15) is 24.7 Å². The van der Waals surface area contributed by atoms with Gasteiger partial charge in [0, 0.05) is 18.4 Å². The first-order valence-corrected chi connectivity index (χ1v) is 5.19. The predicted molar refractivity (Wildman–Crippen MR) is 56.4 cm³/mol. The van der Waals surface area contributed by atoms with Crippen LogP contribution in [0.15, 0.2) is 23.5 Å². The molecule has 0 amide bonds. The molecule has 0 saturated heterocycles. The first-order valence-electron chi connectivity index (χ1n) is 5.19. The molecule has 0 unspecified atom stereocenters. The molecule has 17 heavy (non-hydrogen) atoms. The van der Waals surface area contributed by atoms with Crippen LogP contribution >= 0.6 is 0 Å². The lowest BCUT2D eigenvalue weighted by atomic mass is 10.5. The van der Waals surface area contributed by atoms with Gasteiger partial charge in [0.2, 0.25) is 5.82 Å². The quantitative estimate of drug-likeness (QED) is 0.723. The van der Waals surface area contributed by atoms with E-state index >= 15 is 0 Å². The topological polar surface area (TPSA) is 89.4 Å². The summed E-state index contributed by atoms with van der Waals surface area (Å²) < 4.78 is 2.88. The van der Waals surface area contributed by atoms with Crippen LogP contribution in [0, 0.1) is 11.3 Å². The summed E-state index contributed by atoms with van der Waals surface area (Å²) in [4.78, 5) is 19.8. The molecule has 0 atom stereocenters. The summed E-state index contributed by atoms with van der Waals surface area (Å²) in [6.45, 7) is 0. The predicted octanol–water partition coefficient (Wildman–Crippen LogP) is 0.0306. The van der Waals surface area contributed by atoms with Crippen LogP contribution in [0.4, 0.5) is 0 Å². The van der Waals surface area contributed by atoms with E-state index in [1.807, 2.05) is 0 Å². The molecule has 0 aliphatic heterocycles. The molecule has 0 spiro atoms. The minimum Gasteiger partial charge on any atom is -0.308 e. The Morgan fingerprint density at radius 1 is 1.41 bits per heavy atom. The van der Waals surface area contributed by atoms with E-state index in [1.165, 1.54) is 11.0 Å². The van der Waals surface area contributed by atoms with Gasteiger partial charge in [-0.1, -0.05) is 0 Å². The van der Waals surface area contributed by atoms with Crippen molar-refractivity contribution in [2.24, 2.45) is 0 Å². The van der Waals surface area contributed by atoms with Crippen molar-refractivity contribution in [1.29, 1.82) is 5.26 Å². The second-order valence-corrected chi connectivity index (χ2v) is 3.82. The molecular formula is C10H8N6O. The van der Waals surface area contributed by atoms with Crippen molar-refractivity contribution in [1.82, 2.24) is 24.3 Å². The van der Waals surface area contributed by atoms with Crippen LogP contribution in [-0.4, -0.2) is 24.3 Å². The van der Waals surface area contributed by atoms with E-state index in [4.69, 9.17) is 5.26 Å². The van der Waals surface area contributed by atoms with E-state index in [0.29, 0.717) is 0 Å². The average molecular weight is 228 g/mol. The molecule has 0 aromatic carbocycles. The molecule has 2 aromatic rings. The Hall–Kier alpha value is -2.49. The second kappa shape index (κ2) is 3.52.